The minimum Gasteiger partial charge on any atom is -0.462 e. The molecule has 6 heteroatoms. The number of allylic oxidation sites excluding steroid dienone is 22. The van der Waals surface area contributed by atoms with E-state index in [1.165, 1.54) is 122 Å². The van der Waals surface area contributed by atoms with E-state index in [0.29, 0.717) is 19.3 Å². The van der Waals surface area contributed by atoms with Crippen molar-refractivity contribution in [2.75, 3.05) is 13.2 Å². The summed E-state index contributed by atoms with van der Waals surface area (Å²) in [6.07, 6.45) is 91.9. The maximum Gasteiger partial charge on any atom is 0.306 e. The maximum absolute atomic E-state index is 12.9. The molecule has 0 radical (unpaired) electrons. The van der Waals surface area contributed by atoms with E-state index in [2.05, 4.69) is 148 Å². The van der Waals surface area contributed by atoms with Crippen molar-refractivity contribution in [1.82, 2.24) is 0 Å². The van der Waals surface area contributed by atoms with Crippen LogP contribution in [0.25, 0.3) is 0 Å². The van der Waals surface area contributed by atoms with E-state index in [1.807, 2.05) is 6.08 Å². The molecule has 0 fully saturated rings. The first kappa shape index (κ1) is 73.5. The lowest BCUT2D eigenvalue weighted by molar-refractivity contribution is -0.166. The molecule has 78 heavy (non-hydrogen) atoms. The van der Waals surface area contributed by atoms with Crippen molar-refractivity contribution in [3.63, 3.8) is 0 Å². The average molecular weight is 1080 g/mol. The molecule has 0 spiro atoms. The van der Waals surface area contributed by atoms with Crippen LogP contribution in [0.5, 0.6) is 0 Å². The summed E-state index contributed by atoms with van der Waals surface area (Å²) in [6, 6.07) is 0. The molecule has 1 unspecified atom stereocenters. The first-order valence-electron chi connectivity index (χ1n) is 32.2. The first-order chi connectivity index (χ1) is 38.5. The Morgan fingerprint density at radius 2 is 0.526 bits per heavy atom. The molecule has 0 aromatic heterocycles. The lowest BCUT2D eigenvalue weighted by Gasteiger charge is -2.18. The Labute approximate surface area is 481 Å². The Balaban J connectivity index is 4.32. The Morgan fingerprint density at radius 1 is 0.269 bits per heavy atom. The van der Waals surface area contributed by atoms with Crippen LogP contribution in [0.2, 0.25) is 0 Å². The predicted octanol–water partition coefficient (Wildman–Crippen LogP) is 22.2. The van der Waals surface area contributed by atoms with Crippen LogP contribution in [-0.4, -0.2) is 37.2 Å². The van der Waals surface area contributed by atoms with Gasteiger partial charge in [-0.1, -0.05) is 296 Å². The van der Waals surface area contributed by atoms with E-state index in [4.69, 9.17) is 14.2 Å². The number of carbonyl (C=O) groups is 3. The summed E-state index contributed by atoms with van der Waals surface area (Å²) in [4.78, 5) is 38.2. The number of hydrogen-bond donors (Lipinski definition) is 0. The fraction of sp³-hybridized carbons (Fsp3) is 0.653. The standard InChI is InChI=1S/C72H118O6/c1-4-7-10-13-16-19-22-25-27-29-30-31-32-33-34-35-36-37-38-39-40-41-42-43-45-47-50-53-56-59-62-65-71(74)77-68-69(67-76-70(73)64-61-58-55-52-49-46-24-21-18-15-12-9-6-3)78-72(75)66-63-60-57-54-51-48-44-28-26-23-20-17-14-11-8-5-2/h7,9-10,12,16,18-19,21,25,27,30-31,33-34,36-37,39-40,46,49,55,58,69H,4-6,8,11,13-15,17,20,22-24,26,28-29,32,35,38,41-45,47-48,50-54,56-57,59-68H2,1-3H3/b10-7-,12-9-,19-16-,21-18-,27-25-,31-30-,34-33-,37-36-,40-39-,49-46-,58-55-. The summed E-state index contributed by atoms with van der Waals surface area (Å²) in [5, 5.41) is 0. The molecule has 0 aromatic rings. The van der Waals surface area contributed by atoms with Gasteiger partial charge in [0.15, 0.2) is 6.10 Å². The number of carbonyl (C=O) groups excluding carboxylic acids is 3. The normalized spacial score (nSPS) is 13.0. The highest BCUT2D eigenvalue weighted by Gasteiger charge is 2.19. The molecule has 0 aliphatic heterocycles. The highest BCUT2D eigenvalue weighted by molar-refractivity contribution is 5.71. The Kier molecular flexibility index (Phi) is 61.4. The molecule has 0 N–H and O–H groups in total. The van der Waals surface area contributed by atoms with Gasteiger partial charge in [0.2, 0.25) is 0 Å². The minimum atomic E-state index is -0.812. The van der Waals surface area contributed by atoms with Gasteiger partial charge in [-0.15, -0.1) is 0 Å². The molecule has 0 amide bonds. The van der Waals surface area contributed by atoms with E-state index < -0.39 is 6.10 Å². The molecule has 0 saturated heterocycles. The Morgan fingerprint density at radius 3 is 0.859 bits per heavy atom. The summed E-state index contributed by atoms with van der Waals surface area (Å²) in [5.41, 5.74) is 0. The van der Waals surface area contributed by atoms with E-state index in [9.17, 15) is 14.4 Å². The van der Waals surface area contributed by atoms with Crippen LogP contribution >= 0.6 is 0 Å². The molecule has 0 saturated carbocycles. The van der Waals surface area contributed by atoms with Crippen molar-refractivity contribution in [2.24, 2.45) is 0 Å². The van der Waals surface area contributed by atoms with Crippen LogP contribution < -0.4 is 0 Å². The molecule has 0 rings (SSSR count). The zero-order chi connectivity index (χ0) is 56.4. The van der Waals surface area contributed by atoms with Crippen molar-refractivity contribution in [1.29, 1.82) is 0 Å². The molecule has 0 aliphatic rings. The quantitative estimate of drug-likeness (QED) is 0.0261. The Hall–Kier alpha value is -4.45. The number of unbranched alkanes of at least 4 members (excludes halogenated alkanes) is 24. The topological polar surface area (TPSA) is 78.9 Å². The lowest BCUT2D eigenvalue weighted by Crippen LogP contribution is -2.30. The van der Waals surface area contributed by atoms with E-state index in [0.717, 1.165) is 116 Å². The number of rotatable bonds is 57. The van der Waals surface area contributed by atoms with Crippen LogP contribution in [0.1, 0.15) is 284 Å². The number of hydrogen-bond acceptors (Lipinski definition) is 6. The molecule has 0 heterocycles. The smallest absolute Gasteiger partial charge is 0.306 e. The highest BCUT2D eigenvalue weighted by Crippen LogP contribution is 2.16. The molecule has 0 aromatic carbocycles. The fourth-order valence-corrected chi connectivity index (χ4v) is 8.67. The number of esters is 3. The second-order valence-corrected chi connectivity index (χ2v) is 20.9. The highest BCUT2D eigenvalue weighted by atomic mass is 16.6. The molecular weight excluding hydrogens is 961 g/mol. The van der Waals surface area contributed by atoms with Gasteiger partial charge >= 0.3 is 17.9 Å². The summed E-state index contributed by atoms with van der Waals surface area (Å²) < 4.78 is 16.8. The van der Waals surface area contributed by atoms with Crippen LogP contribution in [-0.2, 0) is 28.6 Å². The van der Waals surface area contributed by atoms with Crippen molar-refractivity contribution < 1.29 is 28.6 Å². The fourth-order valence-electron chi connectivity index (χ4n) is 8.67. The van der Waals surface area contributed by atoms with Crippen molar-refractivity contribution in [3.05, 3.63) is 134 Å². The summed E-state index contributed by atoms with van der Waals surface area (Å²) in [5.74, 6) is -0.990. The summed E-state index contributed by atoms with van der Waals surface area (Å²) in [6.45, 7) is 6.35. The predicted molar refractivity (Wildman–Crippen MR) is 339 cm³/mol. The monoisotopic (exact) mass is 1080 g/mol. The largest absolute Gasteiger partial charge is 0.462 e. The van der Waals surface area contributed by atoms with Gasteiger partial charge in [-0.25, -0.2) is 0 Å². The van der Waals surface area contributed by atoms with Crippen LogP contribution in [0.15, 0.2) is 134 Å². The van der Waals surface area contributed by atoms with Crippen LogP contribution in [0.3, 0.4) is 0 Å². The minimum absolute atomic E-state index is 0.104. The van der Waals surface area contributed by atoms with Gasteiger partial charge < -0.3 is 14.2 Å². The van der Waals surface area contributed by atoms with E-state index in [1.54, 1.807) is 0 Å². The molecule has 442 valence electrons. The zero-order valence-electron chi connectivity index (χ0n) is 50.6. The van der Waals surface area contributed by atoms with Crippen LogP contribution in [0, 0.1) is 0 Å². The van der Waals surface area contributed by atoms with E-state index in [-0.39, 0.29) is 37.5 Å². The van der Waals surface area contributed by atoms with Crippen molar-refractivity contribution >= 4 is 17.9 Å². The Bertz CT molecular complexity index is 1670. The van der Waals surface area contributed by atoms with Gasteiger partial charge in [0, 0.05) is 19.3 Å². The van der Waals surface area contributed by atoms with Gasteiger partial charge in [0.1, 0.15) is 13.2 Å². The third-order valence-electron chi connectivity index (χ3n) is 13.4. The molecule has 0 bridgehead atoms. The number of ether oxygens (including phenoxy) is 3. The van der Waals surface area contributed by atoms with Gasteiger partial charge in [0.25, 0.3) is 0 Å². The SMILES string of the molecule is CC/C=C\C/C=C\C/C=C\C/C=C\C/C=C\C/C=C\C/C=C\CCCCCCCCCCCC(=O)OCC(COC(=O)CC/C=C\C/C=C\C/C=C\C/C=C\CC)OC(=O)CCCCCCCCCCCCCCCCCC. The molecule has 1 atom stereocenters. The van der Waals surface area contributed by atoms with Gasteiger partial charge in [0.05, 0.1) is 0 Å². The van der Waals surface area contributed by atoms with Crippen molar-refractivity contribution in [2.45, 2.75) is 290 Å². The maximum atomic E-state index is 12.9. The molecular formula is C72H118O6. The van der Waals surface area contributed by atoms with E-state index >= 15 is 0 Å². The van der Waals surface area contributed by atoms with Gasteiger partial charge in [-0.2, -0.15) is 0 Å². The average Bonchev–Trinajstić information content (AvgIpc) is 3.44. The van der Waals surface area contributed by atoms with Gasteiger partial charge in [-0.05, 0) is 103 Å². The lowest BCUT2D eigenvalue weighted by atomic mass is 10.0. The first-order valence-corrected chi connectivity index (χ1v) is 32.2. The van der Waals surface area contributed by atoms with Crippen LogP contribution in [0.4, 0.5) is 0 Å². The zero-order valence-corrected chi connectivity index (χ0v) is 50.6. The molecule has 6 nitrogen and oxygen atoms in total. The third kappa shape index (κ3) is 62.4. The summed E-state index contributed by atoms with van der Waals surface area (Å²) >= 11 is 0. The van der Waals surface area contributed by atoms with Crippen molar-refractivity contribution in [3.8, 4) is 0 Å². The molecule has 0 aliphatic carbocycles. The third-order valence-corrected chi connectivity index (χ3v) is 13.4. The second kappa shape index (κ2) is 65.1. The summed E-state index contributed by atoms with van der Waals surface area (Å²) in [7, 11) is 0. The second-order valence-electron chi connectivity index (χ2n) is 20.9. The van der Waals surface area contributed by atoms with Gasteiger partial charge in [-0.3, -0.25) is 14.4 Å².